The molecule has 0 aliphatic heterocycles. The molecule has 0 aliphatic rings. The highest BCUT2D eigenvalue weighted by molar-refractivity contribution is 4.95. The van der Waals surface area contributed by atoms with E-state index in [4.69, 9.17) is 0 Å². The Morgan fingerprint density at radius 1 is 1.44 bits per heavy atom. The first-order valence-corrected chi connectivity index (χ1v) is 3.62. The van der Waals surface area contributed by atoms with Crippen molar-refractivity contribution < 1.29 is 0 Å². The lowest BCUT2D eigenvalue weighted by Crippen LogP contribution is -2.13. The van der Waals surface area contributed by atoms with Gasteiger partial charge < -0.3 is 5.32 Å². The predicted molar refractivity (Wildman–Crippen MR) is 42.3 cm³/mol. The minimum atomic E-state index is 0.662. The minimum Gasteiger partial charge on any atom is -0.392 e. The standard InChI is InChI=1S/C8H17N/c1-5-8(6-2)7(3)9-4/h8-9H,3,5-6H2,1-2,4H3. The van der Waals surface area contributed by atoms with Crippen LogP contribution in [-0.4, -0.2) is 7.05 Å². The van der Waals surface area contributed by atoms with Crippen molar-refractivity contribution in [1.29, 1.82) is 0 Å². The van der Waals surface area contributed by atoms with Crippen LogP contribution in [0.2, 0.25) is 0 Å². The van der Waals surface area contributed by atoms with E-state index in [0.717, 1.165) is 0 Å². The number of hydrogen-bond acceptors (Lipinski definition) is 1. The first-order valence-electron chi connectivity index (χ1n) is 3.62. The summed E-state index contributed by atoms with van der Waals surface area (Å²) in [6, 6.07) is 0. The first kappa shape index (κ1) is 8.54. The molecule has 0 heterocycles. The van der Waals surface area contributed by atoms with Gasteiger partial charge in [0, 0.05) is 12.7 Å². The third kappa shape index (κ3) is 2.54. The van der Waals surface area contributed by atoms with E-state index < -0.39 is 0 Å². The Labute approximate surface area is 58.2 Å². The topological polar surface area (TPSA) is 12.0 Å². The van der Waals surface area contributed by atoms with Gasteiger partial charge in [-0.25, -0.2) is 0 Å². The van der Waals surface area contributed by atoms with Crippen molar-refractivity contribution in [2.45, 2.75) is 26.7 Å². The highest BCUT2D eigenvalue weighted by Gasteiger charge is 2.04. The SMILES string of the molecule is C=C(NC)C(CC)CC. The highest BCUT2D eigenvalue weighted by Crippen LogP contribution is 2.13. The molecule has 54 valence electrons. The van der Waals surface area contributed by atoms with Gasteiger partial charge in [0.25, 0.3) is 0 Å². The third-order valence-electron chi connectivity index (χ3n) is 1.80. The maximum atomic E-state index is 3.90. The van der Waals surface area contributed by atoms with Gasteiger partial charge in [0.2, 0.25) is 0 Å². The largest absolute Gasteiger partial charge is 0.392 e. The Balaban J connectivity index is 3.64. The zero-order valence-electron chi connectivity index (χ0n) is 6.70. The lowest BCUT2D eigenvalue weighted by molar-refractivity contribution is 0.543. The molecule has 0 saturated carbocycles. The van der Waals surface area contributed by atoms with Crippen LogP contribution < -0.4 is 5.32 Å². The summed E-state index contributed by atoms with van der Waals surface area (Å²) in [5.74, 6) is 0.662. The summed E-state index contributed by atoms with van der Waals surface area (Å²) in [7, 11) is 1.93. The number of rotatable bonds is 4. The van der Waals surface area contributed by atoms with Crippen LogP contribution in [0.15, 0.2) is 12.3 Å². The lowest BCUT2D eigenvalue weighted by atomic mass is 10.0. The molecule has 9 heavy (non-hydrogen) atoms. The van der Waals surface area contributed by atoms with Crippen LogP contribution in [0.4, 0.5) is 0 Å². The van der Waals surface area contributed by atoms with E-state index in [1.165, 1.54) is 18.5 Å². The summed E-state index contributed by atoms with van der Waals surface area (Å²) in [5.41, 5.74) is 1.17. The molecule has 0 aromatic heterocycles. The summed E-state index contributed by atoms with van der Waals surface area (Å²) in [6.45, 7) is 8.29. The monoisotopic (exact) mass is 127 g/mol. The molecule has 0 aromatic rings. The third-order valence-corrected chi connectivity index (χ3v) is 1.80. The number of hydrogen-bond donors (Lipinski definition) is 1. The van der Waals surface area contributed by atoms with Crippen LogP contribution in [0.25, 0.3) is 0 Å². The molecule has 0 fully saturated rings. The molecule has 1 heteroatoms. The maximum absolute atomic E-state index is 3.90. The number of nitrogens with one attached hydrogen (secondary N) is 1. The molecule has 0 radical (unpaired) electrons. The zero-order valence-corrected chi connectivity index (χ0v) is 6.70. The molecule has 0 aliphatic carbocycles. The quantitative estimate of drug-likeness (QED) is 0.610. The molecule has 0 spiro atoms. The van der Waals surface area contributed by atoms with E-state index in [-0.39, 0.29) is 0 Å². The molecule has 0 amide bonds. The first-order chi connectivity index (χ1) is 4.26. The molecule has 0 aromatic carbocycles. The summed E-state index contributed by atoms with van der Waals surface area (Å²) in [6.07, 6.45) is 2.38. The Hall–Kier alpha value is -0.460. The van der Waals surface area contributed by atoms with Crippen molar-refractivity contribution in [1.82, 2.24) is 5.32 Å². The fourth-order valence-corrected chi connectivity index (χ4v) is 0.986. The molecule has 0 atom stereocenters. The fraction of sp³-hybridized carbons (Fsp3) is 0.750. The van der Waals surface area contributed by atoms with Crippen molar-refractivity contribution in [3.63, 3.8) is 0 Å². The van der Waals surface area contributed by atoms with Gasteiger partial charge in [0.15, 0.2) is 0 Å². The zero-order chi connectivity index (χ0) is 7.28. The van der Waals surface area contributed by atoms with Gasteiger partial charge in [0.1, 0.15) is 0 Å². The van der Waals surface area contributed by atoms with E-state index in [2.05, 4.69) is 25.7 Å². The summed E-state index contributed by atoms with van der Waals surface area (Å²) < 4.78 is 0. The molecule has 0 unspecified atom stereocenters. The second-order valence-electron chi connectivity index (χ2n) is 2.29. The Morgan fingerprint density at radius 3 is 2.00 bits per heavy atom. The van der Waals surface area contributed by atoms with Gasteiger partial charge in [-0.1, -0.05) is 20.4 Å². The minimum absolute atomic E-state index is 0.662. The summed E-state index contributed by atoms with van der Waals surface area (Å²) in [4.78, 5) is 0. The van der Waals surface area contributed by atoms with E-state index in [0.29, 0.717) is 5.92 Å². The van der Waals surface area contributed by atoms with E-state index in [1.54, 1.807) is 0 Å². The fourth-order valence-electron chi connectivity index (χ4n) is 0.986. The van der Waals surface area contributed by atoms with Crippen LogP contribution in [0, 0.1) is 5.92 Å². The molecule has 1 nitrogen and oxygen atoms in total. The van der Waals surface area contributed by atoms with E-state index in [9.17, 15) is 0 Å². The normalized spacial score (nSPS) is 9.78. The maximum Gasteiger partial charge on any atom is 0.00623 e. The Bertz CT molecular complexity index is 82.6. The molecule has 0 bridgehead atoms. The molecule has 1 N–H and O–H groups in total. The number of allylic oxidation sites excluding steroid dienone is 1. The van der Waals surface area contributed by atoms with Crippen LogP contribution in [0.3, 0.4) is 0 Å². The molecular weight excluding hydrogens is 110 g/mol. The van der Waals surface area contributed by atoms with Gasteiger partial charge in [-0.05, 0) is 18.8 Å². The Morgan fingerprint density at radius 2 is 1.89 bits per heavy atom. The van der Waals surface area contributed by atoms with Crippen LogP contribution in [0.1, 0.15) is 26.7 Å². The van der Waals surface area contributed by atoms with Gasteiger partial charge in [-0.3, -0.25) is 0 Å². The highest BCUT2D eigenvalue weighted by atomic mass is 14.8. The van der Waals surface area contributed by atoms with Gasteiger partial charge in [-0.2, -0.15) is 0 Å². The van der Waals surface area contributed by atoms with E-state index >= 15 is 0 Å². The van der Waals surface area contributed by atoms with Crippen LogP contribution in [0.5, 0.6) is 0 Å². The summed E-state index contributed by atoms with van der Waals surface area (Å²) in [5, 5.41) is 3.07. The molecule has 0 rings (SSSR count). The van der Waals surface area contributed by atoms with Crippen LogP contribution >= 0.6 is 0 Å². The predicted octanol–water partition coefficient (Wildman–Crippen LogP) is 2.16. The second-order valence-corrected chi connectivity index (χ2v) is 2.29. The smallest absolute Gasteiger partial charge is 0.00623 e. The van der Waals surface area contributed by atoms with E-state index in [1.807, 2.05) is 7.05 Å². The molecule has 0 saturated heterocycles. The van der Waals surface area contributed by atoms with Crippen molar-refractivity contribution >= 4 is 0 Å². The van der Waals surface area contributed by atoms with Gasteiger partial charge in [0.05, 0.1) is 0 Å². The molecular formula is C8H17N. The van der Waals surface area contributed by atoms with Crippen molar-refractivity contribution in [2.24, 2.45) is 5.92 Å². The lowest BCUT2D eigenvalue weighted by Gasteiger charge is -2.14. The average molecular weight is 127 g/mol. The van der Waals surface area contributed by atoms with Crippen molar-refractivity contribution in [3.8, 4) is 0 Å². The summed E-state index contributed by atoms with van der Waals surface area (Å²) >= 11 is 0. The van der Waals surface area contributed by atoms with Crippen molar-refractivity contribution in [2.75, 3.05) is 7.05 Å². The van der Waals surface area contributed by atoms with Gasteiger partial charge >= 0.3 is 0 Å². The van der Waals surface area contributed by atoms with Crippen LogP contribution in [-0.2, 0) is 0 Å². The van der Waals surface area contributed by atoms with Gasteiger partial charge in [-0.15, -0.1) is 0 Å². The average Bonchev–Trinajstić information content (AvgIpc) is 1.90. The Kier molecular flexibility index (Phi) is 4.20. The van der Waals surface area contributed by atoms with Crippen molar-refractivity contribution in [3.05, 3.63) is 12.3 Å². The second kappa shape index (κ2) is 4.42.